The van der Waals surface area contributed by atoms with Gasteiger partial charge in [-0.2, -0.15) is 4.31 Å². The van der Waals surface area contributed by atoms with E-state index in [1.807, 2.05) is 55.5 Å². The van der Waals surface area contributed by atoms with Crippen molar-refractivity contribution in [1.29, 1.82) is 0 Å². The third-order valence-electron chi connectivity index (χ3n) is 6.14. The molecule has 35 heavy (non-hydrogen) atoms. The Kier molecular flexibility index (Phi) is 7.88. The normalized spacial score (nSPS) is 15.5. The Labute approximate surface area is 214 Å². The fraction of sp³-hybridized carbons (Fsp3) is 0.308. The van der Waals surface area contributed by atoms with E-state index >= 15 is 0 Å². The zero-order valence-electron chi connectivity index (χ0n) is 19.7. The first kappa shape index (κ1) is 25.3. The molecule has 1 amide bonds. The number of piperidine rings is 1. The van der Waals surface area contributed by atoms with Crippen LogP contribution in [0.25, 0.3) is 12.2 Å². The molecular formula is C26H28BrN3O4S. The monoisotopic (exact) mass is 557 g/mol. The second-order valence-corrected chi connectivity index (χ2v) is 11.5. The van der Waals surface area contributed by atoms with Gasteiger partial charge in [-0.1, -0.05) is 69.1 Å². The summed E-state index contributed by atoms with van der Waals surface area (Å²) in [5.41, 5.74) is 3.41. The molecule has 1 aliphatic rings. The summed E-state index contributed by atoms with van der Waals surface area (Å²) < 4.78 is 34.7. The van der Waals surface area contributed by atoms with Gasteiger partial charge in [0, 0.05) is 30.0 Å². The van der Waals surface area contributed by atoms with E-state index < -0.39 is 10.0 Å². The van der Waals surface area contributed by atoms with Gasteiger partial charge in [0.2, 0.25) is 15.9 Å². The van der Waals surface area contributed by atoms with Crippen molar-refractivity contribution in [3.63, 3.8) is 0 Å². The Morgan fingerprint density at radius 1 is 1.09 bits per heavy atom. The third-order valence-corrected chi connectivity index (χ3v) is 8.73. The second-order valence-electron chi connectivity index (χ2n) is 8.73. The Bertz CT molecular complexity index is 1310. The number of carbonyl (C=O) groups excluding carboxylic acids is 1. The Morgan fingerprint density at radius 3 is 2.40 bits per heavy atom. The number of carbonyl (C=O) groups is 1. The number of hydrogen-bond acceptors (Lipinski definition) is 5. The molecule has 1 N–H and O–H groups in total. The lowest BCUT2D eigenvalue weighted by Crippen LogP contribution is -2.43. The van der Waals surface area contributed by atoms with Crippen molar-refractivity contribution >= 4 is 44.0 Å². The standard InChI is InChI=1S/C26H28BrN3O4S/c1-18-3-5-20(6-4-18)9-12-24-25(19(2)29-34-24)35(32,33)30-15-13-22(14-16-30)26(31)28-17-21-7-10-23(27)11-8-21/h3-12,22H,13-17H2,1-2H3,(H,28,31). The van der Waals surface area contributed by atoms with Gasteiger partial charge < -0.3 is 9.84 Å². The number of halogens is 1. The topological polar surface area (TPSA) is 92.5 Å². The van der Waals surface area contributed by atoms with Crippen molar-refractivity contribution in [2.24, 2.45) is 5.92 Å². The third kappa shape index (κ3) is 6.09. The number of benzene rings is 2. The summed E-state index contributed by atoms with van der Waals surface area (Å²) in [4.78, 5) is 12.7. The lowest BCUT2D eigenvalue weighted by atomic mass is 9.97. The molecule has 0 unspecified atom stereocenters. The minimum Gasteiger partial charge on any atom is -0.355 e. The Balaban J connectivity index is 1.39. The van der Waals surface area contributed by atoms with E-state index in [9.17, 15) is 13.2 Å². The van der Waals surface area contributed by atoms with Crippen molar-refractivity contribution < 1.29 is 17.7 Å². The van der Waals surface area contributed by atoms with Gasteiger partial charge >= 0.3 is 0 Å². The number of sulfonamides is 1. The predicted octanol–water partition coefficient (Wildman–Crippen LogP) is 4.94. The molecule has 2 heterocycles. The van der Waals surface area contributed by atoms with Gasteiger partial charge in [0.05, 0.1) is 0 Å². The van der Waals surface area contributed by atoms with Gasteiger partial charge in [-0.05, 0) is 56.0 Å². The molecule has 1 fully saturated rings. The molecule has 2 aromatic carbocycles. The highest BCUT2D eigenvalue weighted by atomic mass is 79.9. The zero-order valence-corrected chi connectivity index (χ0v) is 22.1. The average molecular weight is 558 g/mol. The molecule has 0 spiro atoms. The molecule has 0 radical (unpaired) electrons. The summed E-state index contributed by atoms with van der Waals surface area (Å²) in [6.07, 6.45) is 4.37. The molecule has 184 valence electrons. The highest BCUT2D eigenvalue weighted by molar-refractivity contribution is 9.10. The highest BCUT2D eigenvalue weighted by Gasteiger charge is 2.35. The van der Waals surface area contributed by atoms with E-state index in [1.54, 1.807) is 19.1 Å². The molecule has 0 aliphatic carbocycles. The van der Waals surface area contributed by atoms with Crippen LogP contribution in [-0.2, 0) is 21.4 Å². The number of nitrogens with one attached hydrogen (secondary N) is 1. The number of aromatic nitrogens is 1. The van der Waals surface area contributed by atoms with E-state index in [0.717, 1.165) is 21.2 Å². The minimum absolute atomic E-state index is 0.0483. The van der Waals surface area contributed by atoms with Crippen LogP contribution in [0.1, 0.15) is 41.0 Å². The van der Waals surface area contributed by atoms with E-state index in [0.29, 0.717) is 25.1 Å². The summed E-state index contributed by atoms with van der Waals surface area (Å²) in [6, 6.07) is 15.6. The number of hydrogen-bond donors (Lipinski definition) is 1. The first-order valence-corrected chi connectivity index (χ1v) is 13.7. The smallest absolute Gasteiger partial charge is 0.248 e. The van der Waals surface area contributed by atoms with Crippen LogP contribution in [0.5, 0.6) is 0 Å². The maximum Gasteiger partial charge on any atom is 0.248 e. The van der Waals surface area contributed by atoms with Gasteiger partial charge in [0.25, 0.3) is 0 Å². The molecule has 1 aromatic heterocycles. The Hall–Kier alpha value is -2.75. The van der Waals surface area contributed by atoms with Gasteiger partial charge in [-0.25, -0.2) is 8.42 Å². The van der Waals surface area contributed by atoms with Crippen molar-refractivity contribution in [1.82, 2.24) is 14.8 Å². The van der Waals surface area contributed by atoms with Crippen LogP contribution in [-0.4, -0.2) is 36.9 Å². The summed E-state index contributed by atoms with van der Waals surface area (Å²) >= 11 is 3.40. The van der Waals surface area contributed by atoms with Crippen LogP contribution < -0.4 is 5.32 Å². The van der Waals surface area contributed by atoms with E-state index in [2.05, 4.69) is 26.4 Å². The van der Waals surface area contributed by atoms with Crippen LogP contribution in [0, 0.1) is 19.8 Å². The molecule has 9 heteroatoms. The van der Waals surface area contributed by atoms with E-state index in [4.69, 9.17) is 4.52 Å². The van der Waals surface area contributed by atoms with E-state index in [1.165, 1.54) is 4.31 Å². The molecular weight excluding hydrogens is 530 g/mol. The summed E-state index contributed by atoms with van der Waals surface area (Å²) in [7, 11) is -3.81. The molecule has 0 saturated carbocycles. The first-order chi connectivity index (χ1) is 16.7. The molecule has 0 bridgehead atoms. The van der Waals surface area contributed by atoms with E-state index in [-0.39, 0.29) is 35.6 Å². The van der Waals surface area contributed by atoms with Crippen LogP contribution in [0.2, 0.25) is 0 Å². The van der Waals surface area contributed by atoms with Gasteiger partial charge in [-0.15, -0.1) is 0 Å². The van der Waals surface area contributed by atoms with Crippen LogP contribution in [0.15, 0.2) is 62.4 Å². The van der Waals surface area contributed by atoms with Crippen molar-refractivity contribution in [3.8, 4) is 0 Å². The SMILES string of the molecule is Cc1ccc(C=Cc2onc(C)c2S(=O)(=O)N2CCC(C(=O)NCc3ccc(Br)cc3)CC2)cc1. The number of amides is 1. The van der Waals surface area contributed by atoms with Crippen LogP contribution >= 0.6 is 15.9 Å². The largest absolute Gasteiger partial charge is 0.355 e. The van der Waals surface area contributed by atoms with Crippen LogP contribution in [0.3, 0.4) is 0 Å². The van der Waals surface area contributed by atoms with Crippen molar-refractivity contribution in [2.45, 2.75) is 38.1 Å². The lowest BCUT2D eigenvalue weighted by molar-refractivity contribution is -0.126. The van der Waals surface area contributed by atoms with Crippen LogP contribution in [0.4, 0.5) is 0 Å². The van der Waals surface area contributed by atoms with Crippen molar-refractivity contribution in [2.75, 3.05) is 13.1 Å². The predicted molar refractivity (Wildman–Crippen MR) is 139 cm³/mol. The number of aryl methyl sites for hydroxylation is 2. The number of nitrogens with zero attached hydrogens (tertiary/aromatic N) is 2. The molecule has 0 atom stereocenters. The highest BCUT2D eigenvalue weighted by Crippen LogP contribution is 2.29. The maximum absolute atomic E-state index is 13.4. The summed E-state index contributed by atoms with van der Waals surface area (Å²) in [6.45, 7) is 4.62. The zero-order chi connectivity index (χ0) is 25.0. The van der Waals surface area contributed by atoms with Gasteiger partial charge in [0.1, 0.15) is 5.69 Å². The number of rotatable bonds is 7. The molecule has 3 aromatic rings. The second kappa shape index (κ2) is 10.9. The minimum atomic E-state index is -3.81. The molecule has 4 rings (SSSR count). The lowest BCUT2D eigenvalue weighted by Gasteiger charge is -2.30. The van der Waals surface area contributed by atoms with Gasteiger partial charge in [-0.3, -0.25) is 4.79 Å². The fourth-order valence-corrected chi connectivity index (χ4v) is 6.06. The van der Waals surface area contributed by atoms with Crippen molar-refractivity contribution in [3.05, 3.63) is 81.1 Å². The quantitative estimate of drug-likeness (QED) is 0.444. The fourth-order valence-electron chi connectivity index (χ4n) is 4.07. The Morgan fingerprint density at radius 2 is 1.74 bits per heavy atom. The van der Waals surface area contributed by atoms with Gasteiger partial charge in [0.15, 0.2) is 10.7 Å². The average Bonchev–Trinajstić information content (AvgIpc) is 3.24. The molecule has 1 saturated heterocycles. The first-order valence-electron chi connectivity index (χ1n) is 11.5. The maximum atomic E-state index is 13.4. The molecule has 7 nitrogen and oxygen atoms in total. The molecule has 1 aliphatic heterocycles. The summed E-state index contributed by atoms with van der Waals surface area (Å²) in [5, 5.41) is 6.87. The summed E-state index contributed by atoms with van der Waals surface area (Å²) in [5.74, 6) is -0.0633.